The molecule has 0 saturated carbocycles. The van der Waals surface area contributed by atoms with E-state index < -0.39 is 0 Å². The first kappa shape index (κ1) is 17.0. The fourth-order valence-corrected chi connectivity index (χ4v) is 3.41. The van der Waals surface area contributed by atoms with Crippen LogP contribution in [0.1, 0.15) is 30.5 Å². The Hall–Kier alpha value is -0.350. The Balaban J connectivity index is 2.22. The maximum Gasteiger partial charge on any atom is 0.0420 e. The van der Waals surface area contributed by atoms with Gasteiger partial charge in [0.25, 0.3) is 0 Å². The van der Waals surface area contributed by atoms with E-state index in [-0.39, 0.29) is 6.04 Å². The number of halogens is 3. The van der Waals surface area contributed by atoms with Gasteiger partial charge in [0.1, 0.15) is 0 Å². The lowest BCUT2D eigenvalue weighted by molar-refractivity contribution is 0.529. The summed E-state index contributed by atoms with van der Waals surface area (Å²) >= 11 is 13.2. The molecule has 112 valence electrons. The van der Waals surface area contributed by atoms with Crippen LogP contribution >= 0.6 is 43.5 Å². The molecule has 2 aromatic rings. The lowest BCUT2D eigenvalue weighted by atomic mass is 9.99. The zero-order chi connectivity index (χ0) is 15.2. The predicted molar refractivity (Wildman–Crippen MR) is 98.0 cm³/mol. The van der Waals surface area contributed by atoms with Crippen LogP contribution in [-0.2, 0) is 6.42 Å². The van der Waals surface area contributed by atoms with Crippen molar-refractivity contribution >= 4 is 43.5 Å². The number of rotatable bonds is 6. The summed E-state index contributed by atoms with van der Waals surface area (Å²) in [4.78, 5) is 0. The summed E-state index contributed by atoms with van der Waals surface area (Å²) in [5.74, 6) is 0. The predicted octanol–water partition coefficient (Wildman–Crippen LogP) is 6.15. The molecule has 2 aromatic carbocycles. The Morgan fingerprint density at radius 1 is 1.05 bits per heavy atom. The summed E-state index contributed by atoms with van der Waals surface area (Å²) < 4.78 is 2.12. The van der Waals surface area contributed by atoms with Crippen molar-refractivity contribution in [2.45, 2.75) is 25.8 Å². The SMILES string of the molecule is CCCNC(Cc1ccc(Br)cc1)c1cc(Cl)cc(Br)c1. The van der Waals surface area contributed by atoms with Crippen molar-refractivity contribution in [1.82, 2.24) is 5.32 Å². The van der Waals surface area contributed by atoms with Crippen LogP contribution in [0.2, 0.25) is 5.02 Å². The van der Waals surface area contributed by atoms with Gasteiger partial charge in [-0.15, -0.1) is 0 Å². The highest BCUT2D eigenvalue weighted by Gasteiger charge is 2.13. The van der Waals surface area contributed by atoms with Gasteiger partial charge in [0, 0.05) is 20.0 Å². The Morgan fingerprint density at radius 3 is 2.38 bits per heavy atom. The quantitative estimate of drug-likeness (QED) is 0.579. The van der Waals surface area contributed by atoms with Gasteiger partial charge in [-0.05, 0) is 60.8 Å². The van der Waals surface area contributed by atoms with E-state index in [4.69, 9.17) is 11.6 Å². The first-order valence-electron chi connectivity index (χ1n) is 7.02. The molecule has 21 heavy (non-hydrogen) atoms. The van der Waals surface area contributed by atoms with E-state index in [1.807, 2.05) is 12.1 Å². The van der Waals surface area contributed by atoms with E-state index in [0.29, 0.717) is 0 Å². The van der Waals surface area contributed by atoms with Gasteiger partial charge in [0.15, 0.2) is 0 Å². The molecule has 0 aliphatic rings. The van der Waals surface area contributed by atoms with E-state index in [1.54, 1.807) is 0 Å². The summed E-state index contributed by atoms with van der Waals surface area (Å²) in [6.45, 7) is 3.17. The van der Waals surface area contributed by atoms with E-state index in [0.717, 1.165) is 33.4 Å². The molecule has 0 aromatic heterocycles. The van der Waals surface area contributed by atoms with Gasteiger partial charge in [-0.25, -0.2) is 0 Å². The molecule has 0 spiro atoms. The van der Waals surface area contributed by atoms with Gasteiger partial charge in [0.2, 0.25) is 0 Å². The van der Waals surface area contributed by atoms with Crippen LogP contribution in [0.4, 0.5) is 0 Å². The van der Waals surface area contributed by atoms with Crippen LogP contribution in [0.15, 0.2) is 51.4 Å². The van der Waals surface area contributed by atoms with Gasteiger partial charge in [-0.3, -0.25) is 0 Å². The molecule has 0 aliphatic carbocycles. The van der Waals surface area contributed by atoms with Crippen molar-refractivity contribution in [2.75, 3.05) is 6.54 Å². The van der Waals surface area contributed by atoms with Crippen LogP contribution in [0.3, 0.4) is 0 Å². The average Bonchev–Trinajstić information content (AvgIpc) is 2.44. The van der Waals surface area contributed by atoms with Gasteiger partial charge in [0.05, 0.1) is 0 Å². The number of hydrogen-bond acceptors (Lipinski definition) is 1. The minimum absolute atomic E-state index is 0.265. The molecule has 2 rings (SSSR count). The molecule has 4 heteroatoms. The fourth-order valence-electron chi connectivity index (χ4n) is 2.26. The largest absolute Gasteiger partial charge is 0.310 e. The summed E-state index contributed by atoms with van der Waals surface area (Å²) in [5.41, 5.74) is 2.52. The molecule has 1 N–H and O–H groups in total. The summed E-state index contributed by atoms with van der Waals surface area (Å²) in [7, 11) is 0. The van der Waals surface area contributed by atoms with E-state index in [1.165, 1.54) is 11.1 Å². The minimum Gasteiger partial charge on any atom is -0.310 e. The second-order valence-corrected chi connectivity index (χ2v) is 7.31. The monoisotopic (exact) mass is 429 g/mol. The van der Waals surface area contributed by atoms with Gasteiger partial charge < -0.3 is 5.32 Å². The normalized spacial score (nSPS) is 12.4. The highest BCUT2D eigenvalue weighted by molar-refractivity contribution is 9.10. The standard InChI is InChI=1S/C17H18Br2ClN/c1-2-7-21-17(8-12-3-5-14(18)6-4-12)13-9-15(19)11-16(20)10-13/h3-6,9-11,17,21H,2,7-8H2,1H3. The summed E-state index contributed by atoms with van der Waals surface area (Å²) in [6.07, 6.45) is 2.05. The summed E-state index contributed by atoms with van der Waals surface area (Å²) in [5, 5.41) is 4.37. The highest BCUT2D eigenvalue weighted by Crippen LogP contribution is 2.26. The Bertz CT molecular complexity index is 564. The van der Waals surface area contributed by atoms with E-state index >= 15 is 0 Å². The average molecular weight is 432 g/mol. The molecule has 0 amide bonds. The fraction of sp³-hybridized carbons (Fsp3) is 0.294. The second kappa shape index (κ2) is 8.33. The third-order valence-corrected chi connectivity index (χ3v) is 4.49. The van der Waals surface area contributed by atoms with Crippen molar-refractivity contribution in [3.8, 4) is 0 Å². The van der Waals surface area contributed by atoms with Crippen molar-refractivity contribution in [3.63, 3.8) is 0 Å². The van der Waals surface area contributed by atoms with Gasteiger partial charge in [-0.1, -0.05) is 62.5 Å². The second-order valence-electron chi connectivity index (χ2n) is 5.04. The van der Waals surface area contributed by atoms with Crippen molar-refractivity contribution in [1.29, 1.82) is 0 Å². The molecule has 0 saturated heterocycles. The zero-order valence-corrected chi connectivity index (χ0v) is 15.8. The molecule has 0 bridgehead atoms. The van der Waals surface area contributed by atoms with Gasteiger partial charge in [-0.2, -0.15) is 0 Å². The molecule has 0 heterocycles. The van der Waals surface area contributed by atoms with E-state index in [2.05, 4.69) is 74.4 Å². The topological polar surface area (TPSA) is 12.0 Å². The number of hydrogen-bond donors (Lipinski definition) is 1. The smallest absolute Gasteiger partial charge is 0.0420 e. The van der Waals surface area contributed by atoms with Crippen molar-refractivity contribution in [2.24, 2.45) is 0 Å². The maximum atomic E-state index is 6.19. The Labute approximate surface area is 148 Å². The maximum absolute atomic E-state index is 6.19. The molecular formula is C17H18Br2ClN. The molecular weight excluding hydrogens is 413 g/mol. The Kier molecular flexibility index (Phi) is 6.74. The van der Waals surface area contributed by atoms with Crippen LogP contribution < -0.4 is 5.32 Å². The van der Waals surface area contributed by atoms with Crippen LogP contribution in [0.25, 0.3) is 0 Å². The minimum atomic E-state index is 0.265. The number of benzene rings is 2. The third kappa shape index (κ3) is 5.41. The molecule has 0 radical (unpaired) electrons. The van der Waals surface area contributed by atoms with Crippen molar-refractivity contribution < 1.29 is 0 Å². The van der Waals surface area contributed by atoms with Crippen LogP contribution in [-0.4, -0.2) is 6.54 Å². The molecule has 1 atom stereocenters. The Morgan fingerprint density at radius 2 is 1.76 bits per heavy atom. The zero-order valence-electron chi connectivity index (χ0n) is 11.9. The molecule has 1 unspecified atom stereocenters. The van der Waals surface area contributed by atoms with Crippen molar-refractivity contribution in [3.05, 3.63) is 67.6 Å². The third-order valence-electron chi connectivity index (χ3n) is 3.28. The first-order valence-corrected chi connectivity index (χ1v) is 8.98. The lowest BCUT2D eigenvalue weighted by Crippen LogP contribution is -2.24. The number of nitrogens with one attached hydrogen (secondary N) is 1. The van der Waals surface area contributed by atoms with Crippen LogP contribution in [0.5, 0.6) is 0 Å². The molecule has 0 aliphatic heterocycles. The summed E-state index contributed by atoms with van der Waals surface area (Å²) in [6, 6.07) is 14.8. The van der Waals surface area contributed by atoms with Gasteiger partial charge >= 0.3 is 0 Å². The lowest BCUT2D eigenvalue weighted by Gasteiger charge is -2.20. The van der Waals surface area contributed by atoms with E-state index in [9.17, 15) is 0 Å². The highest BCUT2D eigenvalue weighted by atomic mass is 79.9. The molecule has 0 fully saturated rings. The molecule has 1 nitrogen and oxygen atoms in total. The first-order chi connectivity index (χ1) is 10.1. The van der Waals surface area contributed by atoms with Crippen LogP contribution in [0, 0.1) is 0 Å².